The molecule has 0 aromatic heterocycles. The van der Waals surface area contributed by atoms with Gasteiger partial charge in [-0.3, -0.25) is 9.59 Å². The minimum atomic E-state index is -3.36. The lowest BCUT2D eigenvalue weighted by atomic mass is 9.94. The van der Waals surface area contributed by atoms with Crippen LogP contribution in [0.2, 0.25) is 0 Å². The quantitative estimate of drug-likeness (QED) is 0.472. The minimum absolute atomic E-state index is 0.0356. The highest BCUT2D eigenvalue weighted by molar-refractivity contribution is 7.91. The number of benzene rings is 2. The number of carbonyl (C=O) groups is 2. The van der Waals surface area contributed by atoms with E-state index in [1.807, 2.05) is 0 Å². The van der Waals surface area contributed by atoms with Crippen LogP contribution in [0.15, 0.2) is 60.2 Å². The number of amides is 1. The molecule has 0 bridgehead atoms. The molecular formula is C21H18FNO5S. The zero-order valence-electron chi connectivity index (χ0n) is 15.3. The van der Waals surface area contributed by atoms with Crippen LogP contribution in [0.5, 0.6) is 0 Å². The zero-order chi connectivity index (χ0) is 20.8. The van der Waals surface area contributed by atoms with Gasteiger partial charge in [-0.25, -0.2) is 12.8 Å². The molecule has 1 N–H and O–H groups in total. The van der Waals surface area contributed by atoms with Gasteiger partial charge in [0, 0.05) is 17.2 Å². The van der Waals surface area contributed by atoms with Crippen LogP contribution < -0.4 is 0 Å². The molecule has 0 spiro atoms. The Morgan fingerprint density at radius 2 is 1.69 bits per heavy atom. The average Bonchev–Trinajstić information content (AvgIpc) is 3.19. The minimum Gasteiger partial charge on any atom is -0.507 e. The molecule has 1 amide bonds. The SMILES string of the molecule is O=C1C(=O)N([C@H]2CCS(=O)(=O)C2)[C@@H](c2ccccc2F)C1=C(O)c1ccccc1. The number of ketones is 1. The second-order valence-corrected chi connectivity index (χ2v) is 9.38. The fraction of sp³-hybridized carbons (Fsp3) is 0.238. The first kappa shape index (κ1) is 19.3. The van der Waals surface area contributed by atoms with Gasteiger partial charge < -0.3 is 10.0 Å². The molecule has 0 saturated carbocycles. The molecular weight excluding hydrogens is 397 g/mol. The van der Waals surface area contributed by atoms with Crippen molar-refractivity contribution >= 4 is 27.3 Å². The Morgan fingerprint density at radius 3 is 2.31 bits per heavy atom. The summed E-state index contributed by atoms with van der Waals surface area (Å²) in [6.07, 6.45) is 0.158. The molecule has 2 heterocycles. The number of Topliss-reactive ketones (excluding diaryl/α,β-unsaturated/α-hetero) is 1. The van der Waals surface area contributed by atoms with Crippen molar-refractivity contribution in [2.45, 2.75) is 18.5 Å². The van der Waals surface area contributed by atoms with Crippen LogP contribution in [0.25, 0.3) is 5.76 Å². The molecule has 2 aromatic rings. The first-order valence-corrected chi connectivity index (χ1v) is 10.9. The summed E-state index contributed by atoms with van der Waals surface area (Å²) in [7, 11) is -3.36. The Bertz CT molecular complexity index is 1130. The van der Waals surface area contributed by atoms with Crippen LogP contribution in [-0.4, -0.2) is 47.7 Å². The fourth-order valence-electron chi connectivity index (χ4n) is 3.98. The van der Waals surface area contributed by atoms with E-state index in [1.165, 1.54) is 18.2 Å². The van der Waals surface area contributed by atoms with Gasteiger partial charge in [-0.2, -0.15) is 0 Å². The normalized spacial score (nSPS) is 25.5. The van der Waals surface area contributed by atoms with Gasteiger partial charge in [0.1, 0.15) is 11.6 Å². The Labute approximate surface area is 167 Å². The standard InChI is InChI=1S/C21H18FNO5S/c22-16-9-5-4-8-15(16)18-17(19(24)13-6-2-1-3-7-13)20(25)21(26)23(18)14-10-11-29(27,28)12-14/h1-9,14,18,24H,10-12H2/t14-,18-/m0/s1. The molecule has 2 fully saturated rings. The smallest absolute Gasteiger partial charge is 0.295 e. The summed E-state index contributed by atoms with van der Waals surface area (Å²) in [4.78, 5) is 26.8. The number of aliphatic hydroxyl groups is 1. The summed E-state index contributed by atoms with van der Waals surface area (Å²) >= 11 is 0. The summed E-state index contributed by atoms with van der Waals surface area (Å²) in [5.41, 5.74) is 0.106. The van der Waals surface area contributed by atoms with E-state index in [4.69, 9.17) is 0 Å². The van der Waals surface area contributed by atoms with E-state index >= 15 is 0 Å². The van der Waals surface area contributed by atoms with Crippen molar-refractivity contribution in [2.75, 3.05) is 11.5 Å². The number of carbonyl (C=O) groups excluding carboxylic acids is 2. The van der Waals surface area contributed by atoms with Crippen molar-refractivity contribution in [3.05, 3.63) is 77.1 Å². The number of aliphatic hydroxyl groups excluding tert-OH is 1. The molecule has 0 radical (unpaired) electrons. The van der Waals surface area contributed by atoms with Gasteiger partial charge >= 0.3 is 0 Å². The predicted octanol–water partition coefficient (Wildman–Crippen LogP) is 2.43. The van der Waals surface area contributed by atoms with E-state index in [2.05, 4.69) is 0 Å². The fourth-order valence-corrected chi connectivity index (χ4v) is 5.69. The number of halogens is 1. The van der Waals surface area contributed by atoms with Crippen LogP contribution in [0.3, 0.4) is 0 Å². The van der Waals surface area contributed by atoms with Crippen molar-refractivity contribution in [1.82, 2.24) is 4.90 Å². The van der Waals surface area contributed by atoms with E-state index in [-0.39, 0.29) is 29.1 Å². The van der Waals surface area contributed by atoms with E-state index in [0.29, 0.717) is 5.56 Å². The summed E-state index contributed by atoms with van der Waals surface area (Å²) in [6.45, 7) is 0. The van der Waals surface area contributed by atoms with Crippen molar-refractivity contribution in [2.24, 2.45) is 0 Å². The molecule has 2 aliphatic heterocycles. The van der Waals surface area contributed by atoms with Crippen molar-refractivity contribution in [3.8, 4) is 0 Å². The van der Waals surface area contributed by atoms with Crippen LogP contribution >= 0.6 is 0 Å². The highest BCUT2D eigenvalue weighted by atomic mass is 32.2. The lowest BCUT2D eigenvalue weighted by Crippen LogP contribution is -2.40. The third kappa shape index (κ3) is 3.33. The maximum atomic E-state index is 14.7. The van der Waals surface area contributed by atoms with E-state index in [9.17, 15) is 27.5 Å². The second-order valence-electron chi connectivity index (χ2n) is 7.15. The van der Waals surface area contributed by atoms with Crippen molar-refractivity contribution in [1.29, 1.82) is 0 Å². The highest BCUT2D eigenvalue weighted by Gasteiger charge is 2.51. The van der Waals surface area contributed by atoms with E-state index in [1.54, 1.807) is 36.4 Å². The van der Waals surface area contributed by atoms with Crippen LogP contribution in [0.1, 0.15) is 23.6 Å². The third-order valence-corrected chi connectivity index (χ3v) is 7.08. The summed E-state index contributed by atoms with van der Waals surface area (Å²) in [6, 6.07) is 11.9. The van der Waals surface area contributed by atoms with Crippen molar-refractivity contribution in [3.63, 3.8) is 0 Å². The van der Waals surface area contributed by atoms with Gasteiger partial charge in [0.2, 0.25) is 0 Å². The Kier molecular flexibility index (Phi) is 4.74. The molecule has 29 heavy (non-hydrogen) atoms. The van der Waals surface area contributed by atoms with Gasteiger partial charge in [0.15, 0.2) is 9.84 Å². The van der Waals surface area contributed by atoms with Gasteiger partial charge in [-0.15, -0.1) is 0 Å². The predicted molar refractivity (Wildman–Crippen MR) is 104 cm³/mol. The maximum absolute atomic E-state index is 14.7. The Hall–Kier alpha value is -3.00. The number of hydrogen-bond donors (Lipinski definition) is 1. The monoisotopic (exact) mass is 415 g/mol. The Balaban J connectivity index is 1.92. The maximum Gasteiger partial charge on any atom is 0.295 e. The summed E-state index contributed by atoms with van der Waals surface area (Å²) in [5.74, 6) is -3.36. The number of rotatable bonds is 3. The molecule has 8 heteroatoms. The zero-order valence-corrected chi connectivity index (χ0v) is 16.1. The summed E-state index contributed by atoms with van der Waals surface area (Å²) in [5, 5.41) is 10.8. The van der Waals surface area contributed by atoms with Gasteiger partial charge in [-0.05, 0) is 12.5 Å². The largest absolute Gasteiger partial charge is 0.507 e. The topological polar surface area (TPSA) is 91.8 Å². The Morgan fingerprint density at radius 1 is 1.03 bits per heavy atom. The van der Waals surface area contributed by atoms with Crippen LogP contribution in [0.4, 0.5) is 4.39 Å². The molecule has 2 atom stereocenters. The van der Waals surface area contributed by atoms with Crippen LogP contribution in [-0.2, 0) is 19.4 Å². The lowest BCUT2D eigenvalue weighted by molar-refractivity contribution is -0.141. The molecule has 0 unspecified atom stereocenters. The molecule has 2 aliphatic rings. The number of hydrogen-bond acceptors (Lipinski definition) is 5. The van der Waals surface area contributed by atoms with Gasteiger partial charge in [-0.1, -0.05) is 48.5 Å². The molecule has 4 rings (SSSR count). The average molecular weight is 415 g/mol. The number of likely N-dealkylation sites (tertiary alicyclic amines) is 1. The lowest BCUT2D eigenvalue weighted by Gasteiger charge is -2.30. The third-order valence-electron chi connectivity index (χ3n) is 5.33. The molecule has 2 saturated heterocycles. The molecule has 150 valence electrons. The highest BCUT2D eigenvalue weighted by Crippen LogP contribution is 2.42. The van der Waals surface area contributed by atoms with E-state index < -0.39 is 45.2 Å². The summed E-state index contributed by atoms with van der Waals surface area (Å²) < 4.78 is 38.6. The van der Waals surface area contributed by atoms with Gasteiger partial charge in [0.05, 0.1) is 23.1 Å². The van der Waals surface area contributed by atoms with Crippen LogP contribution in [0, 0.1) is 5.82 Å². The van der Waals surface area contributed by atoms with E-state index in [0.717, 1.165) is 4.90 Å². The molecule has 6 nitrogen and oxygen atoms in total. The molecule has 2 aromatic carbocycles. The van der Waals surface area contributed by atoms with Crippen molar-refractivity contribution < 1.29 is 27.5 Å². The second kappa shape index (κ2) is 7.11. The van der Waals surface area contributed by atoms with Gasteiger partial charge in [0.25, 0.3) is 11.7 Å². The first-order chi connectivity index (χ1) is 13.8. The first-order valence-electron chi connectivity index (χ1n) is 9.10. The number of sulfone groups is 1. The number of nitrogens with zero attached hydrogens (tertiary/aromatic N) is 1. The molecule has 0 aliphatic carbocycles.